The van der Waals surface area contributed by atoms with Gasteiger partial charge in [0.15, 0.2) is 0 Å². The van der Waals surface area contributed by atoms with Crippen LogP contribution in [-0.4, -0.2) is 14.8 Å². The Labute approximate surface area is 86.5 Å². The summed E-state index contributed by atoms with van der Waals surface area (Å²) in [4.78, 5) is 11.3. The van der Waals surface area contributed by atoms with E-state index in [0.29, 0.717) is 5.69 Å². The first-order valence-corrected chi connectivity index (χ1v) is 4.73. The van der Waals surface area contributed by atoms with Gasteiger partial charge in [-0.2, -0.15) is 5.10 Å². The Balaban J connectivity index is 2.52. The van der Waals surface area contributed by atoms with Crippen LogP contribution in [0.25, 0.3) is 5.69 Å². The Morgan fingerprint density at radius 2 is 2.33 bits per heavy atom. The highest BCUT2D eigenvalue weighted by molar-refractivity contribution is 5.53. The van der Waals surface area contributed by atoms with Crippen LogP contribution < -0.4 is 11.4 Å². The minimum atomic E-state index is -0.265. The van der Waals surface area contributed by atoms with E-state index >= 15 is 0 Å². The summed E-state index contributed by atoms with van der Waals surface area (Å²) in [6, 6.07) is 5.55. The topological polar surface area (TPSA) is 76.7 Å². The molecule has 0 spiro atoms. The number of H-pyrrole nitrogens is 1. The van der Waals surface area contributed by atoms with Crippen molar-refractivity contribution in [2.75, 3.05) is 5.73 Å². The summed E-state index contributed by atoms with van der Waals surface area (Å²) in [5, 5.41) is 5.99. The number of nitrogens with zero attached hydrogens (tertiary/aromatic N) is 2. The van der Waals surface area contributed by atoms with Gasteiger partial charge in [0, 0.05) is 5.69 Å². The van der Waals surface area contributed by atoms with Crippen molar-refractivity contribution in [3.63, 3.8) is 0 Å². The van der Waals surface area contributed by atoms with Crippen LogP contribution >= 0.6 is 0 Å². The molecule has 3 N–H and O–H groups in total. The molecule has 0 bridgehead atoms. The maximum absolute atomic E-state index is 11.3. The lowest BCUT2D eigenvalue weighted by molar-refractivity contribution is 0.980. The first kappa shape index (κ1) is 9.51. The van der Waals surface area contributed by atoms with Gasteiger partial charge in [-0.1, -0.05) is 13.0 Å². The molecule has 0 fully saturated rings. The van der Waals surface area contributed by atoms with Crippen LogP contribution in [0, 0.1) is 0 Å². The first-order valence-electron chi connectivity index (χ1n) is 4.73. The number of benzene rings is 1. The molecule has 0 atom stereocenters. The van der Waals surface area contributed by atoms with E-state index in [1.165, 1.54) is 10.9 Å². The van der Waals surface area contributed by atoms with Crippen molar-refractivity contribution in [3.8, 4) is 5.69 Å². The molecule has 0 aliphatic heterocycles. The van der Waals surface area contributed by atoms with Gasteiger partial charge >= 0.3 is 5.69 Å². The fourth-order valence-corrected chi connectivity index (χ4v) is 1.49. The molecule has 0 saturated heterocycles. The van der Waals surface area contributed by atoms with Crippen molar-refractivity contribution in [3.05, 3.63) is 40.6 Å². The highest BCUT2D eigenvalue weighted by Crippen LogP contribution is 2.16. The summed E-state index contributed by atoms with van der Waals surface area (Å²) in [5.74, 6) is 0. The maximum atomic E-state index is 11.3. The Kier molecular flexibility index (Phi) is 2.29. The average molecular weight is 204 g/mol. The smallest absolute Gasteiger partial charge is 0.347 e. The Hall–Kier alpha value is -2.04. The third-order valence-electron chi connectivity index (χ3n) is 2.34. The number of rotatable bonds is 2. The fraction of sp³-hybridized carbons (Fsp3) is 0.200. The lowest BCUT2D eigenvalue weighted by Crippen LogP contribution is -2.14. The van der Waals surface area contributed by atoms with Gasteiger partial charge < -0.3 is 5.73 Å². The number of nitrogens with one attached hydrogen (secondary N) is 1. The van der Waals surface area contributed by atoms with E-state index in [-0.39, 0.29) is 5.69 Å². The van der Waals surface area contributed by atoms with E-state index < -0.39 is 0 Å². The number of hydrogen-bond donors (Lipinski definition) is 2. The highest BCUT2D eigenvalue weighted by Gasteiger charge is 2.03. The van der Waals surface area contributed by atoms with Gasteiger partial charge in [-0.05, 0) is 24.1 Å². The van der Waals surface area contributed by atoms with E-state index in [9.17, 15) is 4.79 Å². The van der Waals surface area contributed by atoms with E-state index in [0.717, 1.165) is 17.7 Å². The van der Waals surface area contributed by atoms with Crippen molar-refractivity contribution >= 4 is 5.69 Å². The van der Waals surface area contributed by atoms with Gasteiger partial charge in [-0.15, -0.1) is 0 Å². The predicted octanol–water partition coefficient (Wildman–Crippen LogP) is 0.705. The maximum Gasteiger partial charge on any atom is 0.347 e. The van der Waals surface area contributed by atoms with Gasteiger partial charge in [0.1, 0.15) is 6.33 Å². The third-order valence-corrected chi connectivity index (χ3v) is 2.34. The number of aromatic nitrogens is 3. The second-order valence-corrected chi connectivity index (χ2v) is 3.27. The van der Waals surface area contributed by atoms with Gasteiger partial charge in [0.05, 0.1) is 5.69 Å². The van der Waals surface area contributed by atoms with Crippen LogP contribution in [0.2, 0.25) is 0 Å². The number of anilines is 1. The second-order valence-electron chi connectivity index (χ2n) is 3.27. The van der Waals surface area contributed by atoms with Crippen molar-refractivity contribution in [1.82, 2.24) is 14.8 Å². The number of aryl methyl sites for hydroxylation is 1. The zero-order valence-corrected chi connectivity index (χ0v) is 8.40. The van der Waals surface area contributed by atoms with Crippen LogP contribution in [0.5, 0.6) is 0 Å². The Bertz CT molecular complexity index is 526. The lowest BCUT2D eigenvalue weighted by atomic mass is 10.1. The van der Waals surface area contributed by atoms with Crippen LogP contribution in [-0.2, 0) is 6.42 Å². The molecular formula is C10H12N4O. The van der Waals surface area contributed by atoms with E-state index in [4.69, 9.17) is 5.73 Å². The van der Waals surface area contributed by atoms with Gasteiger partial charge in [-0.25, -0.2) is 14.5 Å². The molecule has 2 rings (SSSR count). The molecule has 0 aliphatic carbocycles. The predicted molar refractivity (Wildman–Crippen MR) is 58.0 cm³/mol. The molecule has 15 heavy (non-hydrogen) atoms. The summed E-state index contributed by atoms with van der Waals surface area (Å²) in [7, 11) is 0. The van der Waals surface area contributed by atoms with Crippen LogP contribution in [0.15, 0.2) is 29.3 Å². The van der Waals surface area contributed by atoms with E-state index in [2.05, 4.69) is 10.2 Å². The normalized spacial score (nSPS) is 10.5. The molecule has 2 aromatic rings. The lowest BCUT2D eigenvalue weighted by Gasteiger charge is -2.05. The van der Waals surface area contributed by atoms with Crippen molar-refractivity contribution in [2.45, 2.75) is 13.3 Å². The minimum Gasteiger partial charge on any atom is -0.398 e. The molecule has 1 aromatic heterocycles. The standard InChI is InChI=1S/C10H12N4O/c1-2-7-3-4-8(5-9(7)11)14-6-12-13-10(14)15/h3-6H,2,11H2,1H3,(H,13,15). The van der Waals surface area contributed by atoms with Gasteiger partial charge in [-0.3, -0.25) is 0 Å². The summed E-state index contributed by atoms with van der Waals surface area (Å²) in [6.07, 6.45) is 2.31. The zero-order chi connectivity index (χ0) is 10.8. The molecular weight excluding hydrogens is 192 g/mol. The van der Waals surface area contributed by atoms with Crippen molar-refractivity contribution in [1.29, 1.82) is 0 Å². The Morgan fingerprint density at radius 3 is 2.87 bits per heavy atom. The van der Waals surface area contributed by atoms with Gasteiger partial charge in [0.25, 0.3) is 0 Å². The number of nitrogens with two attached hydrogens (primary N) is 1. The van der Waals surface area contributed by atoms with Crippen LogP contribution in [0.1, 0.15) is 12.5 Å². The van der Waals surface area contributed by atoms with E-state index in [1.54, 1.807) is 6.07 Å². The molecule has 0 amide bonds. The monoisotopic (exact) mass is 204 g/mol. The third kappa shape index (κ3) is 1.63. The molecule has 1 heterocycles. The van der Waals surface area contributed by atoms with Crippen LogP contribution in [0.4, 0.5) is 5.69 Å². The van der Waals surface area contributed by atoms with Crippen molar-refractivity contribution < 1.29 is 0 Å². The number of aromatic amines is 1. The summed E-state index contributed by atoms with van der Waals surface area (Å²) in [6.45, 7) is 2.04. The fourth-order valence-electron chi connectivity index (χ4n) is 1.49. The molecule has 5 heteroatoms. The highest BCUT2D eigenvalue weighted by atomic mass is 16.1. The number of hydrogen-bond acceptors (Lipinski definition) is 3. The average Bonchev–Trinajstić information content (AvgIpc) is 2.64. The van der Waals surface area contributed by atoms with Crippen LogP contribution in [0.3, 0.4) is 0 Å². The number of nitrogen functional groups attached to an aromatic ring is 1. The molecule has 0 radical (unpaired) electrons. The molecule has 0 aliphatic rings. The quantitative estimate of drug-likeness (QED) is 0.707. The summed E-state index contributed by atoms with van der Waals surface area (Å²) < 4.78 is 1.41. The molecule has 0 unspecified atom stereocenters. The second kappa shape index (κ2) is 3.61. The van der Waals surface area contributed by atoms with Crippen molar-refractivity contribution in [2.24, 2.45) is 0 Å². The summed E-state index contributed by atoms with van der Waals surface area (Å²) in [5.41, 5.74) is 8.08. The molecule has 78 valence electrons. The molecule has 5 nitrogen and oxygen atoms in total. The largest absolute Gasteiger partial charge is 0.398 e. The molecule has 1 aromatic carbocycles. The minimum absolute atomic E-state index is 0.265. The van der Waals surface area contributed by atoms with E-state index in [1.807, 2.05) is 19.1 Å². The molecule has 0 saturated carbocycles. The first-order chi connectivity index (χ1) is 7.22. The Morgan fingerprint density at radius 1 is 1.53 bits per heavy atom. The SMILES string of the molecule is CCc1ccc(-n2cn[nH]c2=O)cc1N. The van der Waals surface area contributed by atoms with Gasteiger partial charge in [0.2, 0.25) is 0 Å². The summed E-state index contributed by atoms with van der Waals surface area (Å²) >= 11 is 0. The zero-order valence-electron chi connectivity index (χ0n) is 8.40.